The maximum atomic E-state index is 13.7. The minimum absolute atomic E-state index is 0.0211. The molecule has 1 unspecified atom stereocenters. The summed E-state index contributed by atoms with van der Waals surface area (Å²) in [6.07, 6.45) is 1.07. The van der Waals surface area contributed by atoms with Gasteiger partial charge in [-0.3, -0.25) is 14.5 Å². The number of fused-ring (bicyclic) bond motifs is 1. The van der Waals surface area contributed by atoms with Crippen molar-refractivity contribution in [1.29, 1.82) is 0 Å². The van der Waals surface area contributed by atoms with Gasteiger partial charge in [-0.15, -0.1) is 0 Å². The fraction of sp³-hybridized carbons (Fsp3) is 0.290. The predicted molar refractivity (Wildman–Crippen MR) is 145 cm³/mol. The molecule has 3 aromatic rings. The van der Waals surface area contributed by atoms with Gasteiger partial charge >= 0.3 is 0 Å². The van der Waals surface area contributed by atoms with E-state index in [1.807, 2.05) is 42.5 Å². The summed E-state index contributed by atoms with van der Waals surface area (Å²) in [4.78, 5) is 28.7. The van der Waals surface area contributed by atoms with Gasteiger partial charge in [0.15, 0.2) is 5.78 Å². The Kier molecular flexibility index (Phi) is 6.69. The molecule has 2 aliphatic rings. The second-order valence-electron chi connectivity index (χ2n) is 10.6. The predicted octanol–water partition coefficient (Wildman–Crippen LogP) is 6.58. The molecule has 38 heavy (non-hydrogen) atoms. The Morgan fingerprint density at radius 1 is 1.08 bits per heavy atom. The Balaban J connectivity index is 1.64. The largest absolute Gasteiger partial charge is 0.496 e. The maximum Gasteiger partial charge on any atom is 0.224 e. The van der Waals surface area contributed by atoms with E-state index in [0.717, 1.165) is 22.5 Å². The van der Waals surface area contributed by atoms with Crippen LogP contribution in [0.2, 0.25) is 0 Å². The smallest absolute Gasteiger partial charge is 0.224 e. The first kappa shape index (κ1) is 25.5. The molecule has 0 bridgehead atoms. The normalized spacial score (nSPS) is 18.2. The maximum absolute atomic E-state index is 13.7. The van der Waals surface area contributed by atoms with Crippen LogP contribution in [0, 0.1) is 11.2 Å². The molecule has 1 atom stereocenters. The number of rotatable bonds is 5. The van der Waals surface area contributed by atoms with Crippen molar-refractivity contribution in [1.82, 2.24) is 0 Å². The number of ketones is 1. The molecule has 1 amide bonds. The second kappa shape index (κ2) is 9.97. The van der Waals surface area contributed by atoms with Crippen molar-refractivity contribution in [3.8, 4) is 11.5 Å². The number of methoxy groups -OCH3 is 1. The van der Waals surface area contributed by atoms with Gasteiger partial charge in [0, 0.05) is 30.2 Å². The Morgan fingerprint density at radius 3 is 2.53 bits per heavy atom. The number of nitrogens with one attached hydrogen (secondary N) is 1. The van der Waals surface area contributed by atoms with Crippen molar-refractivity contribution in [2.45, 2.75) is 46.3 Å². The van der Waals surface area contributed by atoms with Crippen molar-refractivity contribution in [3.05, 3.63) is 94.9 Å². The lowest BCUT2D eigenvalue weighted by Gasteiger charge is -2.37. The number of amides is 1. The number of benzene rings is 3. The van der Waals surface area contributed by atoms with Gasteiger partial charge in [0.2, 0.25) is 5.91 Å². The molecule has 1 N–H and O–H groups in total. The van der Waals surface area contributed by atoms with E-state index in [4.69, 9.17) is 9.47 Å². The SMILES string of the molecule is COc1ccc(C2C3=C(CC(C)(C)CC3=O)Nc3ccccc3N2C(C)=O)cc1COc1ccc(F)cc1. The summed E-state index contributed by atoms with van der Waals surface area (Å²) in [6.45, 7) is 5.86. The summed E-state index contributed by atoms with van der Waals surface area (Å²) in [6, 6.07) is 18.5. The van der Waals surface area contributed by atoms with Crippen molar-refractivity contribution in [2.24, 2.45) is 5.41 Å². The lowest BCUT2D eigenvalue weighted by Crippen LogP contribution is -2.38. The number of para-hydroxylation sites is 2. The van der Waals surface area contributed by atoms with E-state index >= 15 is 0 Å². The molecular formula is C31H31FN2O4. The third-order valence-corrected chi connectivity index (χ3v) is 7.07. The number of carbonyl (C=O) groups is 2. The fourth-order valence-electron chi connectivity index (χ4n) is 5.42. The highest BCUT2D eigenvalue weighted by molar-refractivity contribution is 6.05. The molecule has 1 aliphatic heterocycles. The molecule has 196 valence electrons. The van der Waals surface area contributed by atoms with Crippen LogP contribution in [0.15, 0.2) is 78.0 Å². The molecule has 0 aromatic heterocycles. The van der Waals surface area contributed by atoms with Crippen LogP contribution in [0.4, 0.5) is 15.8 Å². The number of hydrogen-bond donors (Lipinski definition) is 1. The number of hydrogen-bond acceptors (Lipinski definition) is 5. The average Bonchev–Trinajstić information content (AvgIpc) is 3.02. The molecule has 7 heteroatoms. The Morgan fingerprint density at radius 2 is 1.82 bits per heavy atom. The molecule has 0 spiro atoms. The molecule has 0 saturated heterocycles. The minimum atomic E-state index is -0.627. The van der Waals surface area contributed by atoms with Crippen molar-refractivity contribution < 1.29 is 23.5 Å². The fourth-order valence-corrected chi connectivity index (χ4v) is 5.42. The van der Waals surface area contributed by atoms with Crippen LogP contribution in [-0.4, -0.2) is 18.8 Å². The third kappa shape index (κ3) is 4.88. The summed E-state index contributed by atoms with van der Waals surface area (Å²) < 4.78 is 24.9. The van der Waals surface area contributed by atoms with E-state index in [-0.39, 0.29) is 29.5 Å². The highest BCUT2D eigenvalue weighted by Gasteiger charge is 2.42. The van der Waals surface area contributed by atoms with Gasteiger partial charge in [0.1, 0.15) is 23.9 Å². The molecular weight excluding hydrogens is 483 g/mol. The number of anilines is 2. The molecule has 1 heterocycles. The zero-order valence-corrected chi connectivity index (χ0v) is 22.0. The van der Waals surface area contributed by atoms with Gasteiger partial charge in [-0.1, -0.05) is 32.0 Å². The number of carbonyl (C=O) groups excluding carboxylic acids is 2. The van der Waals surface area contributed by atoms with Gasteiger partial charge in [-0.05, 0) is 65.9 Å². The van der Waals surface area contributed by atoms with Gasteiger partial charge in [0.05, 0.1) is 24.5 Å². The third-order valence-electron chi connectivity index (χ3n) is 7.07. The van der Waals surface area contributed by atoms with Crippen LogP contribution in [0.3, 0.4) is 0 Å². The molecule has 0 radical (unpaired) electrons. The van der Waals surface area contributed by atoms with Crippen LogP contribution < -0.4 is 19.7 Å². The standard InChI is InChI=1S/C31H31FN2O4/c1-19(35)34-26-8-6-5-7-24(26)33-25-16-31(2,3)17-27(36)29(25)30(34)20-9-14-28(37-4)21(15-20)18-38-23-12-10-22(32)11-13-23/h5-15,30,33H,16-18H2,1-4H3. The summed E-state index contributed by atoms with van der Waals surface area (Å²) in [5.74, 6) is 0.644. The molecule has 6 nitrogen and oxygen atoms in total. The number of halogens is 1. The van der Waals surface area contributed by atoms with Gasteiger partial charge < -0.3 is 14.8 Å². The molecule has 3 aromatic carbocycles. The van der Waals surface area contributed by atoms with Crippen molar-refractivity contribution in [2.75, 3.05) is 17.3 Å². The highest BCUT2D eigenvalue weighted by atomic mass is 19.1. The van der Waals surface area contributed by atoms with Gasteiger partial charge in [0.25, 0.3) is 0 Å². The average molecular weight is 515 g/mol. The summed E-state index contributed by atoms with van der Waals surface area (Å²) in [5, 5.41) is 3.51. The van der Waals surface area contributed by atoms with Crippen molar-refractivity contribution >= 4 is 23.1 Å². The van der Waals surface area contributed by atoms with Crippen LogP contribution >= 0.6 is 0 Å². The highest BCUT2D eigenvalue weighted by Crippen LogP contribution is 2.48. The zero-order chi connectivity index (χ0) is 27.0. The lowest BCUT2D eigenvalue weighted by molar-refractivity contribution is -0.118. The number of Topliss-reactive ketones (excluding diaryl/α,β-unsaturated/α-hetero) is 1. The first-order chi connectivity index (χ1) is 18.2. The van der Waals surface area contributed by atoms with E-state index in [1.54, 1.807) is 24.1 Å². The second-order valence-corrected chi connectivity index (χ2v) is 10.6. The van der Waals surface area contributed by atoms with Gasteiger partial charge in [-0.2, -0.15) is 0 Å². The van der Waals surface area contributed by atoms with E-state index < -0.39 is 6.04 Å². The quantitative estimate of drug-likeness (QED) is 0.417. The number of ether oxygens (including phenoxy) is 2. The van der Waals surface area contributed by atoms with E-state index in [1.165, 1.54) is 19.1 Å². The molecule has 0 fully saturated rings. The molecule has 1 aliphatic carbocycles. The van der Waals surface area contributed by atoms with E-state index in [9.17, 15) is 14.0 Å². The summed E-state index contributed by atoms with van der Waals surface area (Å²) in [7, 11) is 1.58. The molecule has 5 rings (SSSR count). The van der Waals surface area contributed by atoms with E-state index in [0.29, 0.717) is 35.6 Å². The van der Waals surface area contributed by atoms with Gasteiger partial charge in [-0.25, -0.2) is 4.39 Å². The first-order valence-corrected chi connectivity index (χ1v) is 12.6. The van der Waals surface area contributed by atoms with Crippen molar-refractivity contribution in [3.63, 3.8) is 0 Å². The Bertz CT molecular complexity index is 1430. The van der Waals surface area contributed by atoms with Crippen LogP contribution in [0.25, 0.3) is 0 Å². The van der Waals surface area contributed by atoms with Crippen LogP contribution in [0.1, 0.15) is 50.8 Å². The zero-order valence-electron chi connectivity index (χ0n) is 22.0. The Labute approximate surface area is 222 Å². The molecule has 0 saturated carbocycles. The summed E-state index contributed by atoms with van der Waals surface area (Å²) >= 11 is 0. The monoisotopic (exact) mass is 514 g/mol. The summed E-state index contributed by atoms with van der Waals surface area (Å²) in [5.41, 5.74) is 4.26. The topological polar surface area (TPSA) is 67.9 Å². The number of allylic oxidation sites excluding steroid dienone is 1. The Hall–Kier alpha value is -4.13. The lowest BCUT2D eigenvalue weighted by atomic mass is 9.73. The number of nitrogens with zero attached hydrogens (tertiary/aromatic N) is 1. The minimum Gasteiger partial charge on any atom is -0.496 e. The van der Waals surface area contributed by atoms with E-state index in [2.05, 4.69) is 19.2 Å². The van der Waals surface area contributed by atoms with Crippen LogP contribution in [-0.2, 0) is 16.2 Å². The first-order valence-electron chi connectivity index (χ1n) is 12.6. The van der Waals surface area contributed by atoms with Crippen LogP contribution in [0.5, 0.6) is 11.5 Å².